The normalized spacial score (nSPS) is 21.9. The highest BCUT2D eigenvalue weighted by molar-refractivity contribution is 7.89. The van der Waals surface area contributed by atoms with Gasteiger partial charge in [0.2, 0.25) is 10.0 Å². The van der Waals surface area contributed by atoms with Crippen LogP contribution in [-0.4, -0.2) is 22.9 Å². The van der Waals surface area contributed by atoms with Gasteiger partial charge in [0, 0.05) is 11.8 Å². The molecule has 0 bridgehead atoms. The molecule has 128 valence electrons. The van der Waals surface area contributed by atoms with Gasteiger partial charge >= 0.3 is 6.18 Å². The van der Waals surface area contributed by atoms with Gasteiger partial charge in [0.1, 0.15) is 0 Å². The monoisotopic (exact) mass is 357 g/mol. The highest BCUT2D eigenvalue weighted by atomic mass is 32.2. The van der Waals surface area contributed by atoms with Crippen LogP contribution in [0.1, 0.15) is 35.7 Å². The van der Waals surface area contributed by atoms with E-state index < -0.39 is 21.8 Å². The summed E-state index contributed by atoms with van der Waals surface area (Å²) >= 11 is 0. The standard InChI is InChI=1S/C15H14F3N3O2S/c16-15(17,18)10-3-5-11(6-4-10)24(22,23)21-8-13-12(7-19-20-13)14(21)9-1-2-9/h3-7,9,14H,1-2,8H2,(H,19,20)/t14-/m1/s1. The van der Waals surface area contributed by atoms with Crippen molar-refractivity contribution in [3.63, 3.8) is 0 Å². The van der Waals surface area contributed by atoms with Gasteiger partial charge in [0.15, 0.2) is 0 Å². The number of aromatic nitrogens is 2. The molecular formula is C15H14F3N3O2S. The molecule has 2 aromatic rings. The van der Waals surface area contributed by atoms with Gasteiger partial charge < -0.3 is 0 Å². The van der Waals surface area contributed by atoms with Gasteiger partial charge in [-0.05, 0) is 43.0 Å². The molecule has 0 amide bonds. The third kappa shape index (κ3) is 2.42. The molecular weight excluding hydrogens is 343 g/mol. The van der Waals surface area contributed by atoms with E-state index in [2.05, 4.69) is 10.2 Å². The van der Waals surface area contributed by atoms with Crippen LogP contribution >= 0.6 is 0 Å². The highest BCUT2D eigenvalue weighted by Gasteiger charge is 2.47. The van der Waals surface area contributed by atoms with Gasteiger partial charge in [-0.25, -0.2) is 8.42 Å². The van der Waals surface area contributed by atoms with Crippen LogP contribution in [0.3, 0.4) is 0 Å². The summed E-state index contributed by atoms with van der Waals surface area (Å²) in [6.45, 7) is 0.142. The van der Waals surface area contributed by atoms with Crippen molar-refractivity contribution < 1.29 is 21.6 Å². The van der Waals surface area contributed by atoms with E-state index in [0.29, 0.717) is 5.69 Å². The number of fused-ring (bicyclic) bond motifs is 1. The first-order valence-corrected chi connectivity index (χ1v) is 8.94. The van der Waals surface area contributed by atoms with Crippen molar-refractivity contribution in [3.8, 4) is 0 Å². The molecule has 0 radical (unpaired) electrons. The zero-order chi connectivity index (χ0) is 17.1. The number of nitrogens with zero attached hydrogens (tertiary/aromatic N) is 2. The van der Waals surface area contributed by atoms with E-state index in [4.69, 9.17) is 0 Å². The number of H-pyrrole nitrogens is 1. The Kier molecular flexibility index (Phi) is 3.30. The lowest BCUT2D eigenvalue weighted by atomic mass is 10.1. The van der Waals surface area contributed by atoms with Crippen molar-refractivity contribution in [1.29, 1.82) is 0 Å². The summed E-state index contributed by atoms with van der Waals surface area (Å²) in [5.74, 6) is 0.244. The van der Waals surface area contributed by atoms with Gasteiger partial charge in [-0.3, -0.25) is 5.10 Å². The number of sulfonamides is 1. The first-order chi connectivity index (χ1) is 11.3. The van der Waals surface area contributed by atoms with Crippen molar-refractivity contribution >= 4 is 10.0 Å². The Morgan fingerprint density at radius 3 is 2.42 bits per heavy atom. The quantitative estimate of drug-likeness (QED) is 0.918. The maximum absolute atomic E-state index is 12.9. The second-order valence-electron chi connectivity index (χ2n) is 6.14. The van der Waals surface area contributed by atoms with E-state index in [1.165, 1.54) is 4.31 Å². The second kappa shape index (κ2) is 5.06. The van der Waals surface area contributed by atoms with Gasteiger partial charge in [0.05, 0.1) is 28.7 Å². The minimum Gasteiger partial charge on any atom is -0.285 e. The predicted molar refractivity (Wildman–Crippen MR) is 78.2 cm³/mol. The van der Waals surface area contributed by atoms with E-state index in [1.54, 1.807) is 6.20 Å². The van der Waals surface area contributed by atoms with Crippen molar-refractivity contribution in [2.24, 2.45) is 5.92 Å². The molecule has 1 aliphatic carbocycles. The van der Waals surface area contributed by atoms with Gasteiger partial charge in [-0.2, -0.15) is 22.6 Å². The third-order valence-corrected chi connectivity index (χ3v) is 6.39. The Hall–Kier alpha value is -1.87. The molecule has 1 saturated carbocycles. The summed E-state index contributed by atoms with van der Waals surface area (Å²) in [5.41, 5.74) is 0.685. The van der Waals surface area contributed by atoms with Crippen LogP contribution in [0.5, 0.6) is 0 Å². The summed E-state index contributed by atoms with van der Waals surface area (Å²) < 4.78 is 65.2. The molecule has 1 atom stereocenters. The van der Waals surface area contributed by atoms with E-state index in [-0.39, 0.29) is 23.4 Å². The predicted octanol–water partition coefficient (Wildman–Crippen LogP) is 3.08. The second-order valence-corrected chi connectivity index (χ2v) is 8.03. The lowest BCUT2D eigenvalue weighted by Gasteiger charge is -2.24. The molecule has 1 N–H and O–H groups in total. The third-order valence-electron chi connectivity index (χ3n) is 4.54. The molecule has 1 fully saturated rings. The van der Waals surface area contributed by atoms with Gasteiger partial charge in [-0.15, -0.1) is 0 Å². The summed E-state index contributed by atoms with van der Waals surface area (Å²) in [6, 6.07) is 3.35. The summed E-state index contributed by atoms with van der Waals surface area (Å²) in [4.78, 5) is -0.129. The number of halogens is 3. The van der Waals surface area contributed by atoms with Crippen LogP contribution in [0.15, 0.2) is 35.4 Å². The van der Waals surface area contributed by atoms with Crippen LogP contribution in [0.25, 0.3) is 0 Å². The van der Waals surface area contributed by atoms with E-state index in [0.717, 1.165) is 42.7 Å². The Balaban J connectivity index is 1.69. The fourth-order valence-electron chi connectivity index (χ4n) is 3.20. The van der Waals surface area contributed by atoms with Crippen molar-refractivity contribution in [3.05, 3.63) is 47.3 Å². The van der Waals surface area contributed by atoms with Gasteiger partial charge in [0.25, 0.3) is 0 Å². The fraction of sp³-hybridized carbons (Fsp3) is 0.400. The maximum Gasteiger partial charge on any atom is 0.416 e. The Labute approximate surface area is 136 Å². The summed E-state index contributed by atoms with van der Waals surface area (Å²) in [7, 11) is -3.88. The molecule has 9 heteroatoms. The van der Waals surface area contributed by atoms with Crippen molar-refractivity contribution in [1.82, 2.24) is 14.5 Å². The molecule has 0 saturated heterocycles. The van der Waals surface area contributed by atoms with Crippen molar-refractivity contribution in [2.75, 3.05) is 0 Å². The number of rotatable bonds is 3. The molecule has 1 aliphatic heterocycles. The largest absolute Gasteiger partial charge is 0.416 e. The molecule has 2 aliphatic rings. The molecule has 24 heavy (non-hydrogen) atoms. The molecule has 1 aromatic carbocycles. The van der Waals surface area contributed by atoms with Crippen LogP contribution < -0.4 is 0 Å². The molecule has 4 rings (SSSR count). The maximum atomic E-state index is 12.9. The average Bonchev–Trinajstić information content (AvgIpc) is 3.13. The number of hydrogen-bond acceptors (Lipinski definition) is 3. The number of nitrogens with one attached hydrogen (secondary N) is 1. The molecule has 5 nitrogen and oxygen atoms in total. The smallest absolute Gasteiger partial charge is 0.285 e. The van der Waals surface area contributed by atoms with E-state index in [9.17, 15) is 21.6 Å². The lowest BCUT2D eigenvalue weighted by Crippen LogP contribution is -2.31. The van der Waals surface area contributed by atoms with Crippen molar-refractivity contribution in [2.45, 2.75) is 36.5 Å². The van der Waals surface area contributed by atoms with Gasteiger partial charge in [-0.1, -0.05) is 0 Å². The Bertz CT molecular complexity index is 870. The topological polar surface area (TPSA) is 66.1 Å². The average molecular weight is 357 g/mol. The van der Waals surface area contributed by atoms with E-state index in [1.807, 2.05) is 0 Å². The Morgan fingerprint density at radius 1 is 1.17 bits per heavy atom. The number of hydrogen-bond donors (Lipinski definition) is 1. The minimum absolute atomic E-state index is 0.129. The fourth-order valence-corrected chi connectivity index (χ4v) is 4.83. The van der Waals surface area contributed by atoms with Crippen LogP contribution in [0.4, 0.5) is 13.2 Å². The first-order valence-electron chi connectivity index (χ1n) is 7.50. The Morgan fingerprint density at radius 2 is 1.83 bits per heavy atom. The molecule has 0 unspecified atom stereocenters. The van der Waals surface area contributed by atoms with E-state index >= 15 is 0 Å². The number of benzene rings is 1. The first kappa shape index (κ1) is 15.6. The number of alkyl halides is 3. The minimum atomic E-state index is -4.49. The molecule has 0 spiro atoms. The summed E-state index contributed by atoms with van der Waals surface area (Å²) in [6.07, 6.45) is -0.905. The SMILES string of the molecule is O=S(=O)(c1ccc(C(F)(F)F)cc1)N1Cc2n[nH]cc2[C@H]1C1CC1. The molecule has 2 heterocycles. The number of aromatic amines is 1. The lowest BCUT2D eigenvalue weighted by molar-refractivity contribution is -0.137. The van der Waals surface area contributed by atoms with Crippen LogP contribution in [0.2, 0.25) is 0 Å². The zero-order valence-corrected chi connectivity index (χ0v) is 13.2. The van der Waals surface area contributed by atoms with Crippen LogP contribution in [-0.2, 0) is 22.7 Å². The molecule has 1 aromatic heterocycles. The van der Waals surface area contributed by atoms with Crippen LogP contribution in [0, 0.1) is 5.92 Å². The zero-order valence-electron chi connectivity index (χ0n) is 12.4. The highest BCUT2D eigenvalue weighted by Crippen LogP contribution is 2.50. The summed E-state index contributed by atoms with van der Waals surface area (Å²) in [5, 5.41) is 6.83.